The molecule has 0 fully saturated rings. The summed E-state index contributed by atoms with van der Waals surface area (Å²) in [6.07, 6.45) is 1.03. The molecule has 1 atom stereocenters. The van der Waals surface area contributed by atoms with Crippen LogP contribution in [-0.4, -0.2) is 33.1 Å². The number of carbonyl (C=O) groups excluding carboxylic acids is 1. The number of rotatable bonds is 6. The van der Waals surface area contributed by atoms with Gasteiger partial charge in [0.25, 0.3) is 5.91 Å². The van der Waals surface area contributed by atoms with E-state index in [1.807, 2.05) is 26.2 Å². The molecule has 3 aromatic rings. The van der Waals surface area contributed by atoms with Gasteiger partial charge >= 0.3 is 0 Å². The zero-order valence-corrected chi connectivity index (χ0v) is 20.4. The van der Waals surface area contributed by atoms with Crippen molar-refractivity contribution in [3.63, 3.8) is 0 Å². The monoisotopic (exact) mass is 441 g/mol. The fraction of sp³-hybridized carbons (Fsp3) is 0.345. The lowest BCUT2D eigenvalue weighted by molar-refractivity contribution is 0.0951. The zero-order chi connectivity index (χ0) is 23.6. The van der Waals surface area contributed by atoms with Crippen LogP contribution in [0.15, 0.2) is 72.8 Å². The number of nitrogens with zero attached hydrogens (tertiary/aromatic N) is 2. The maximum absolute atomic E-state index is 13.0. The third-order valence-electron chi connectivity index (χ3n) is 6.56. The molecule has 1 amide bonds. The molecule has 4 rings (SSSR count). The molecule has 0 spiro atoms. The van der Waals surface area contributed by atoms with E-state index in [-0.39, 0.29) is 17.4 Å². The number of para-hydroxylation sites is 1. The molecule has 33 heavy (non-hydrogen) atoms. The van der Waals surface area contributed by atoms with Crippen LogP contribution in [0.1, 0.15) is 53.9 Å². The molecule has 0 aromatic heterocycles. The standard InChI is InChI=1S/C29H35N3O/c1-29(2,3)24-14-10-23(11-15-24)28(33)30-20-27(22-12-16-25(17-13-22)31(4)5)32-19-18-21-8-6-7-9-26(21)32/h6-17,27H,18-20H2,1-5H3,(H,30,33)/t27-/m0/s1. The van der Waals surface area contributed by atoms with Gasteiger partial charge in [0, 0.05) is 44.1 Å². The van der Waals surface area contributed by atoms with Gasteiger partial charge in [0.1, 0.15) is 0 Å². The van der Waals surface area contributed by atoms with Gasteiger partial charge in [0.05, 0.1) is 6.04 Å². The van der Waals surface area contributed by atoms with Crippen molar-refractivity contribution < 1.29 is 4.79 Å². The van der Waals surface area contributed by atoms with Gasteiger partial charge in [0.15, 0.2) is 0 Å². The van der Waals surface area contributed by atoms with Gasteiger partial charge in [-0.05, 0) is 58.9 Å². The van der Waals surface area contributed by atoms with Crippen LogP contribution in [0, 0.1) is 0 Å². The van der Waals surface area contributed by atoms with Crippen molar-refractivity contribution in [3.05, 3.63) is 95.1 Å². The van der Waals surface area contributed by atoms with Gasteiger partial charge in [-0.15, -0.1) is 0 Å². The van der Waals surface area contributed by atoms with Crippen molar-refractivity contribution in [3.8, 4) is 0 Å². The SMILES string of the molecule is CN(C)c1ccc([C@H](CNC(=O)c2ccc(C(C)(C)C)cc2)N2CCc3ccccc32)cc1. The van der Waals surface area contributed by atoms with Crippen molar-refractivity contribution in [1.82, 2.24) is 5.32 Å². The number of fused-ring (bicyclic) bond motifs is 1. The zero-order valence-electron chi connectivity index (χ0n) is 20.4. The summed E-state index contributed by atoms with van der Waals surface area (Å²) in [5.41, 5.74) is 7.02. The largest absolute Gasteiger partial charge is 0.378 e. The second-order valence-electron chi connectivity index (χ2n) is 10.1. The molecule has 1 heterocycles. The van der Waals surface area contributed by atoms with Crippen LogP contribution < -0.4 is 15.1 Å². The molecule has 4 nitrogen and oxygen atoms in total. The van der Waals surface area contributed by atoms with E-state index in [1.54, 1.807) is 0 Å². The number of carbonyl (C=O) groups is 1. The second kappa shape index (κ2) is 9.30. The first-order chi connectivity index (χ1) is 15.7. The first-order valence-electron chi connectivity index (χ1n) is 11.7. The fourth-order valence-corrected chi connectivity index (χ4v) is 4.50. The Labute approximate surface area is 198 Å². The normalized spacial score (nSPS) is 14.0. The smallest absolute Gasteiger partial charge is 0.251 e. The summed E-state index contributed by atoms with van der Waals surface area (Å²) in [5, 5.41) is 3.21. The lowest BCUT2D eigenvalue weighted by Crippen LogP contribution is -2.37. The van der Waals surface area contributed by atoms with E-state index in [0.717, 1.165) is 13.0 Å². The Morgan fingerprint density at radius 2 is 1.64 bits per heavy atom. The Bertz CT molecular complexity index is 1090. The molecule has 172 valence electrons. The molecule has 3 aromatic carbocycles. The van der Waals surface area contributed by atoms with Crippen molar-refractivity contribution in [2.24, 2.45) is 0 Å². The summed E-state index contributed by atoms with van der Waals surface area (Å²) in [4.78, 5) is 17.5. The van der Waals surface area contributed by atoms with Gasteiger partial charge in [-0.25, -0.2) is 0 Å². The number of benzene rings is 3. The van der Waals surface area contributed by atoms with Crippen molar-refractivity contribution in [1.29, 1.82) is 0 Å². The summed E-state index contributed by atoms with van der Waals surface area (Å²) in [6, 6.07) is 25.3. The molecule has 1 N–H and O–H groups in total. The van der Waals surface area contributed by atoms with E-state index in [4.69, 9.17) is 0 Å². The van der Waals surface area contributed by atoms with Crippen LogP contribution >= 0.6 is 0 Å². The Kier molecular flexibility index (Phi) is 6.46. The van der Waals surface area contributed by atoms with Gasteiger partial charge in [0.2, 0.25) is 0 Å². The summed E-state index contributed by atoms with van der Waals surface area (Å²) in [7, 11) is 4.10. The van der Waals surface area contributed by atoms with E-state index in [2.05, 4.69) is 96.6 Å². The number of anilines is 2. The third kappa shape index (κ3) is 5.05. The summed E-state index contributed by atoms with van der Waals surface area (Å²) in [5.74, 6) is -0.0298. The van der Waals surface area contributed by atoms with Gasteiger partial charge in [-0.3, -0.25) is 4.79 Å². The van der Waals surface area contributed by atoms with Crippen LogP contribution in [-0.2, 0) is 11.8 Å². The molecular formula is C29H35N3O. The van der Waals surface area contributed by atoms with E-state index in [0.29, 0.717) is 12.1 Å². The minimum atomic E-state index is -0.0298. The highest BCUT2D eigenvalue weighted by atomic mass is 16.1. The minimum Gasteiger partial charge on any atom is -0.378 e. The molecule has 0 aliphatic carbocycles. The highest BCUT2D eigenvalue weighted by Crippen LogP contribution is 2.35. The molecule has 0 bridgehead atoms. The van der Waals surface area contributed by atoms with Crippen molar-refractivity contribution in [2.45, 2.75) is 38.6 Å². The Balaban J connectivity index is 1.56. The molecule has 0 radical (unpaired) electrons. The van der Waals surface area contributed by atoms with E-state index >= 15 is 0 Å². The van der Waals surface area contributed by atoms with Gasteiger partial charge in [-0.1, -0.05) is 63.2 Å². The van der Waals surface area contributed by atoms with Gasteiger partial charge < -0.3 is 15.1 Å². The highest BCUT2D eigenvalue weighted by molar-refractivity contribution is 5.94. The van der Waals surface area contributed by atoms with Crippen molar-refractivity contribution in [2.75, 3.05) is 37.0 Å². The quantitative estimate of drug-likeness (QED) is 0.542. The molecule has 0 unspecified atom stereocenters. The fourth-order valence-electron chi connectivity index (χ4n) is 4.50. The number of nitrogens with one attached hydrogen (secondary N) is 1. The van der Waals surface area contributed by atoms with Crippen molar-refractivity contribution >= 4 is 17.3 Å². The number of hydrogen-bond donors (Lipinski definition) is 1. The van der Waals surface area contributed by atoms with Gasteiger partial charge in [-0.2, -0.15) is 0 Å². The number of amides is 1. The summed E-state index contributed by atoms with van der Waals surface area (Å²) >= 11 is 0. The molecule has 0 saturated heterocycles. The first-order valence-corrected chi connectivity index (χ1v) is 11.7. The molecular weight excluding hydrogens is 406 g/mol. The average molecular weight is 442 g/mol. The van der Waals surface area contributed by atoms with Crippen LogP contribution in [0.5, 0.6) is 0 Å². The maximum Gasteiger partial charge on any atom is 0.251 e. The predicted molar refractivity (Wildman–Crippen MR) is 138 cm³/mol. The average Bonchev–Trinajstić information content (AvgIpc) is 3.23. The van der Waals surface area contributed by atoms with Crippen LogP contribution in [0.25, 0.3) is 0 Å². The predicted octanol–water partition coefficient (Wildman–Crippen LogP) is 5.58. The van der Waals surface area contributed by atoms with E-state index in [9.17, 15) is 4.79 Å². The van der Waals surface area contributed by atoms with Crippen LogP contribution in [0.3, 0.4) is 0 Å². The second-order valence-corrected chi connectivity index (χ2v) is 10.1. The molecule has 0 saturated carbocycles. The summed E-state index contributed by atoms with van der Waals surface area (Å²) in [6.45, 7) is 8.05. The topological polar surface area (TPSA) is 35.6 Å². The Hall–Kier alpha value is -3.27. The molecule has 4 heteroatoms. The minimum absolute atomic E-state index is 0.0298. The third-order valence-corrected chi connectivity index (χ3v) is 6.56. The lowest BCUT2D eigenvalue weighted by atomic mass is 9.87. The number of hydrogen-bond acceptors (Lipinski definition) is 3. The first kappa shape index (κ1) is 22.9. The molecule has 1 aliphatic rings. The molecule has 1 aliphatic heterocycles. The van der Waals surface area contributed by atoms with E-state index < -0.39 is 0 Å². The lowest BCUT2D eigenvalue weighted by Gasteiger charge is -2.31. The maximum atomic E-state index is 13.0. The summed E-state index contributed by atoms with van der Waals surface area (Å²) < 4.78 is 0. The van der Waals surface area contributed by atoms with E-state index in [1.165, 1.54) is 28.1 Å². The highest BCUT2D eigenvalue weighted by Gasteiger charge is 2.27. The Morgan fingerprint density at radius 3 is 2.27 bits per heavy atom. The van der Waals surface area contributed by atoms with Crippen LogP contribution in [0.4, 0.5) is 11.4 Å². The van der Waals surface area contributed by atoms with Crippen LogP contribution in [0.2, 0.25) is 0 Å². The Morgan fingerprint density at radius 1 is 0.970 bits per heavy atom.